The number of aliphatic carboxylic acids is 1. The summed E-state index contributed by atoms with van der Waals surface area (Å²) in [5.41, 5.74) is 0.0754. The molecule has 1 aromatic heterocycles. The van der Waals surface area contributed by atoms with Crippen LogP contribution >= 0.6 is 0 Å². The van der Waals surface area contributed by atoms with Gasteiger partial charge in [0.15, 0.2) is 0 Å². The molecule has 6 heteroatoms. The zero-order valence-electron chi connectivity index (χ0n) is 7.10. The Bertz CT molecular complexity index is 407. The van der Waals surface area contributed by atoms with Gasteiger partial charge in [-0.25, -0.2) is 9.78 Å². The predicted octanol–water partition coefficient (Wildman–Crippen LogP) is 0.115. The number of aromatic nitrogens is 2. The number of anilines is 1. The molecule has 0 bridgehead atoms. The average Bonchev–Trinajstić information content (AvgIpc) is 2.71. The van der Waals surface area contributed by atoms with E-state index in [9.17, 15) is 9.59 Å². The monoisotopic (exact) mass is 193 g/mol. The summed E-state index contributed by atoms with van der Waals surface area (Å²) in [6.45, 7) is 0. The van der Waals surface area contributed by atoms with Gasteiger partial charge in [0, 0.05) is 18.6 Å². The molecular weight excluding hydrogens is 186 g/mol. The Morgan fingerprint density at radius 3 is 2.93 bits per heavy atom. The normalized spacial score (nSPS) is 15.9. The number of nitrogens with one attached hydrogen (secondary N) is 1. The highest BCUT2D eigenvalue weighted by atomic mass is 16.4. The average molecular weight is 193 g/mol. The SMILES string of the molecule is O=C(O)C1=CN(c2ncc[nH]2)C(=O)C1. The van der Waals surface area contributed by atoms with Gasteiger partial charge >= 0.3 is 5.97 Å². The van der Waals surface area contributed by atoms with Crippen LogP contribution in [-0.2, 0) is 9.59 Å². The molecule has 0 unspecified atom stereocenters. The molecule has 0 aliphatic carbocycles. The van der Waals surface area contributed by atoms with Crippen molar-refractivity contribution >= 4 is 17.8 Å². The summed E-state index contributed by atoms with van der Waals surface area (Å²) < 4.78 is 0. The highest BCUT2D eigenvalue weighted by molar-refractivity contribution is 6.06. The van der Waals surface area contributed by atoms with Crippen LogP contribution < -0.4 is 4.90 Å². The number of carbonyl (C=O) groups is 2. The van der Waals surface area contributed by atoms with E-state index < -0.39 is 5.97 Å². The second kappa shape index (κ2) is 2.99. The third-order valence-corrected chi connectivity index (χ3v) is 1.88. The summed E-state index contributed by atoms with van der Waals surface area (Å²) in [7, 11) is 0. The van der Waals surface area contributed by atoms with E-state index in [2.05, 4.69) is 9.97 Å². The van der Waals surface area contributed by atoms with Gasteiger partial charge in [-0.2, -0.15) is 0 Å². The van der Waals surface area contributed by atoms with Crippen LogP contribution in [0.2, 0.25) is 0 Å². The van der Waals surface area contributed by atoms with Crippen LogP contribution in [0.4, 0.5) is 5.95 Å². The lowest BCUT2D eigenvalue weighted by molar-refractivity contribution is -0.133. The van der Waals surface area contributed by atoms with Gasteiger partial charge in [0.05, 0.1) is 12.0 Å². The van der Waals surface area contributed by atoms with E-state index in [1.54, 1.807) is 6.20 Å². The molecular formula is C8H7N3O3. The van der Waals surface area contributed by atoms with E-state index in [1.165, 1.54) is 17.3 Å². The number of carbonyl (C=O) groups excluding carboxylic acids is 1. The van der Waals surface area contributed by atoms with Crippen molar-refractivity contribution in [2.75, 3.05) is 4.90 Å². The smallest absolute Gasteiger partial charge is 0.333 e. The van der Waals surface area contributed by atoms with Crippen molar-refractivity contribution in [3.8, 4) is 0 Å². The van der Waals surface area contributed by atoms with E-state index in [4.69, 9.17) is 5.11 Å². The summed E-state index contributed by atoms with van der Waals surface area (Å²) in [4.78, 5) is 29.7. The molecule has 72 valence electrons. The van der Waals surface area contributed by atoms with E-state index in [-0.39, 0.29) is 17.9 Å². The third-order valence-electron chi connectivity index (χ3n) is 1.88. The largest absolute Gasteiger partial charge is 0.478 e. The molecule has 14 heavy (non-hydrogen) atoms. The zero-order valence-corrected chi connectivity index (χ0v) is 7.10. The molecule has 0 aromatic carbocycles. The number of rotatable bonds is 2. The Kier molecular flexibility index (Phi) is 1.81. The molecule has 1 aliphatic rings. The molecule has 0 atom stereocenters. The van der Waals surface area contributed by atoms with Crippen molar-refractivity contribution in [3.05, 3.63) is 24.2 Å². The lowest BCUT2D eigenvalue weighted by Gasteiger charge is -2.07. The molecule has 0 saturated heterocycles. The van der Waals surface area contributed by atoms with Gasteiger partial charge in [-0.3, -0.25) is 9.69 Å². The zero-order chi connectivity index (χ0) is 10.1. The summed E-state index contributed by atoms with van der Waals surface area (Å²) >= 11 is 0. The van der Waals surface area contributed by atoms with Crippen LogP contribution in [0, 0.1) is 0 Å². The first kappa shape index (κ1) is 8.49. The van der Waals surface area contributed by atoms with Crippen LogP contribution in [0.3, 0.4) is 0 Å². The fraction of sp³-hybridized carbons (Fsp3) is 0.125. The van der Waals surface area contributed by atoms with Crippen molar-refractivity contribution in [2.24, 2.45) is 0 Å². The summed E-state index contributed by atoms with van der Waals surface area (Å²) in [5.74, 6) is -1.03. The second-order valence-corrected chi connectivity index (χ2v) is 2.81. The summed E-state index contributed by atoms with van der Waals surface area (Å²) in [6, 6.07) is 0. The maximum atomic E-state index is 11.3. The minimum atomic E-state index is -1.08. The van der Waals surface area contributed by atoms with Gasteiger partial charge in [-0.05, 0) is 0 Å². The number of aromatic amines is 1. The fourth-order valence-corrected chi connectivity index (χ4v) is 1.22. The van der Waals surface area contributed by atoms with E-state index in [1.807, 2.05) is 0 Å². The molecule has 2 N–H and O–H groups in total. The second-order valence-electron chi connectivity index (χ2n) is 2.81. The molecule has 0 fully saturated rings. The Morgan fingerprint density at radius 1 is 1.64 bits per heavy atom. The molecule has 6 nitrogen and oxygen atoms in total. The number of nitrogens with zero attached hydrogens (tertiary/aromatic N) is 2. The van der Waals surface area contributed by atoms with Gasteiger partial charge in [-0.1, -0.05) is 0 Å². The molecule has 1 amide bonds. The van der Waals surface area contributed by atoms with Crippen LogP contribution in [0.1, 0.15) is 6.42 Å². The minimum Gasteiger partial charge on any atom is -0.478 e. The molecule has 2 rings (SSSR count). The van der Waals surface area contributed by atoms with Gasteiger partial charge in [0.25, 0.3) is 0 Å². The highest BCUT2D eigenvalue weighted by Gasteiger charge is 2.27. The van der Waals surface area contributed by atoms with E-state index in [0.29, 0.717) is 5.95 Å². The van der Waals surface area contributed by atoms with Gasteiger partial charge in [-0.15, -0.1) is 0 Å². The van der Waals surface area contributed by atoms with Crippen molar-refractivity contribution in [1.82, 2.24) is 9.97 Å². The van der Waals surface area contributed by atoms with Gasteiger partial charge in [0.2, 0.25) is 11.9 Å². The Balaban J connectivity index is 2.30. The first-order valence-corrected chi connectivity index (χ1v) is 3.94. The van der Waals surface area contributed by atoms with Crippen LogP contribution in [-0.4, -0.2) is 27.0 Å². The molecule has 1 aliphatic heterocycles. The maximum Gasteiger partial charge on any atom is 0.333 e. The molecule has 1 aromatic rings. The van der Waals surface area contributed by atoms with Crippen LogP contribution in [0.15, 0.2) is 24.2 Å². The van der Waals surface area contributed by atoms with Crippen molar-refractivity contribution in [2.45, 2.75) is 6.42 Å². The van der Waals surface area contributed by atoms with Crippen molar-refractivity contribution in [3.63, 3.8) is 0 Å². The standard InChI is InChI=1S/C8H7N3O3/c12-6-3-5(7(13)14)4-11(6)8-9-1-2-10-8/h1-2,4H,3H2,(H,9,10)(H,13,14). The molecule has 0 saturated carbocycles. The quantitative estimate of drug-likeness (QED) is 0.698. The number of carboxylic acid groups (broad SMARTS) is 1. The van der Waals surface area contributed by atoms with Crippen molar-refractivity contribution < 1.29 is 14.7 Å². The topological polar surface area (TPSA) is 86.3 Å². The minimum absolute atomic E-state index is 0.0754. The summed E-state index contributed by atoms with van der Waals surface area (Å²) in [5, 5.41) is 8.67. The van der Waals surface area contributed by atoms with E-state index in [0.717, 1.165) is 0 Å². The lowest BCUT2D eigenvalue weighted by Crippen LogP contribution is -2.20. The van der Waals surface area contributed by atoms with Gasteiger partial charge in [0.1, 0.15) is 0 Å². The summed E-state index contributed by atoms with van der Waals surface area (Å²) in [6.07, 6.45) is 4.25. The Labute approximate surface area is 78.9 Å². The lowest BCUT2D eigenvalue weighted by atomic mass is 10.2. The fourth-order valence-electron chi connectivity index (χ4n) is 1.22. The Hall–Kier alpha value is -2.11. The number of H-pyrrole nitrogens is 1. The molecule has 0 radical (unpaired) electrons. The number of hydrogen-bond donors (Lipinski definition) is 2. The molecule has 0 spiro atoms. The number of carboxylic acids is 1. The number of imidazole rings is 1. The van der Waals surface area contributed by atoms with Crippen LogP contribution in [0.25, 0.3) is 0 Å². The third kappa shape index (κ3) is 1.26. The maximum absolute atomic E-state index is 11.3. The van der Waals surface area contributed by atoms with E-state index >= 15 is 0 Å². The van der Waals surface area contributed by atoms with Crippen LogP contribution in [0.5, 0.6) is 0 Å². The predicted molar refractivity (Wildman–Crippen MR) is 46.4 cm³/mol. The highest BCUT2D eigenvalue weighted by Crippen LogP contribution is 2.20. The first-order chi connectivity index (χ1) is 6.68. The van der Waals surface area contributed by atoms with Gasteiger partial charge < -0.3 is 10.1 Å². The first-order valence-electron chi connectivity index (χ1n) is 3.94. The van der Waals surface area contributed by atoms with Crippen molar-refractivity contribution in [1.29, 1.82) is 0 Å². The molecule has 2 heterocycles. The number of amides is 1. The Morgan fingerprint density at radius 2 is 2.43 bits per heavy atom. The number of hydrogen-bond acceptors (Lipinski definition) is 3.